The third kappa shape index (κ3) is 15.7. The zero-order valence-corrected chi connectivity index (χ0v) is 33.8. The van der Waals surface area contributed by atoms with E-state index in [2.05, 4.69) is 60.8 Å². The number of amides is 1. The van der Waals surface area contributed by atoms with E-state index in [4.69, 9.17) is 28.4 Å². The summed E-state index contributed by atoms with van der Waals surface area (Å²) in [6.45, 7) is 2.44. The molecule has 0 spiro atoms. The maximum absolute atomic E-state index is 12.4. The molecule has 3 aliphatic rings. The minimum absolute atomic E-state index is 0.0553. The van der Waals surface area contributed by atoms with Crippen LogP contribution in [0.25, 0.3) is 0 Å². The highest BCUT2D eigenvalue weighted by Gasteiger charge is 2.53. The Balaban J connectivity index is 1.41. The molecule has 1 amide bonds. The van der Waals surface area contributed by atoms with Crippen molar-refractivity contribution in [2.24, 2.45) is 0 Å². The predicted molar refractivity (Wildman–Crippen MR) is 210 cm³/mol. The fourth-order valence-electron chi connectivity index (χ4n) is 6.75. The van der Waals surface area contributed by atoms with Gasteiger partial charge in [-0.3, -0.25) is 4.79 Å². The summed E-state index contributed by atoms with van der Waals surface area (Å²) >= 11 is 0. The van der Waals surface area contributed by atoms with Crippen molar-refractivity contribution in [2.45, 2.75) is 177 Å². The number of ether oxygens (including phenoxy) is 6. The molecule has 0 aromatic rings. The SMILES string of the molecule is CCCCC/C=C\C/C=C\C/C=C\C/C=C\CCCC(=O)NCCO[C@@H]1O[C@H](CC)[C@@H](O)[C@H](O[C@@H]2O[C@H](CO)[C@@H](O)[C@H](O[C@@H]3O[C@H](CO)[C@@H](O)[C@H](O)[C@H]3O)[C@H]2O)[C@H]1O. The first kappa shape index (κ1) is 50.2. The lowest BCUT2D eigenvalue weighted by atomic mass is 9.95. The van der Waals surface area contributed by atoms with E-state index in [0.29, 0.717) is 12.8 Å². The van der Waals surface area contributed by atoms with Crippen molar-refractivity contribution in [3.63, 3.8) is 0 Å². The molecule has 0 saturated carbocycles. The third-order valence-corrected chi connectivity index (χ3v) is 10.2. The number of aliphatic hydroxyl groups is 9. The van der Waals surface area contributed by atoms with E-state index >= 15 is 0 Å². The number of hydrogen-bond donors (Lipinski definition) is 10. The lowest BCUT2D eigenvalue weighted by Crippen LogP contribution is -2.66. The summed E-state index contributed by atoms with van der Waals surface area (Å²) in [5.41, 5.74) is 0. The van der Waals surface area contributed by atoms with Crippen LogP contribution in [0.1, 0.15) is 84.5 Å². The van der Waals surface area contributed by atoms with Gasteiger partial charge in [0.1, 0.15) is 67.1 Å². The molecule has 0 unspecified atom stereocenters. The van der Waals surface area contributed by atoms with Crippen LogP contribution in [0.4, 0.5) is 0 Å². The maximum Gasteiger partial charge on any atom is 0.220 e. The summed E-state index contributed by atoms with van der Waals surface area (Å²) in [7, 11) is 0. The van der Waals surface area contributed by atoms with Crippen LogP contribution in [-0.2, 0) is 33.2 Å². The largest absolute Gasteiger partial charge is 0.394 e. The molecule has 3 aliphatic heterocycles. The minimum atomic E-state index is -1.88. The second-order valence-electron chi connectivity index (χ2n) is 14.7. The first-order chi connectivity index (χ1) is 28.0. The standard InChI is InChI=1S/C41H69NO16/c1-3-5-6-7-8-9-10-11-12-13-14-15-16-17-18-19-20-21-29(45)42-22-23-53-39-35(51)37(31(47)26(4-2)54-39)58-41-36(52)38(32(48)28(25-44)56-41)57-40-34(50)33(49)30(46)27(24-43)55-40/h8-9,11-12,14-15,17-18,26-28,30-41,43-44,46-52H,3-7,10,13,16,19-25H2,1-2H3,(H,42,45)/b9-8-,12-11-,15-14-,18-17-/t26-,27-,28-,30-,31-,32-,33+,34-,35-,36-,37+,38+,39-,40+,41+/m1/s1. The Morgan fingerprint density at radius 1 is 0.569 bits per heavy atom. The molecule has 3 heterocycles. The van der Waals surface area contributed by atoms with E-state index in [1.165, 1.54) is 19.3 Å². The van der Waals surface area contributed by atoms with Crippen LogP contribution >= 0.6 is 0 Å². The van der Waals surface area contributed by atoms with Crippen molar-refractivity contribution in [1.82, 2.24) is 5.32 Å². The number of aliphatic hydroxyl groups excluding tert-OH is 9. The molecule has 17 heteroatoms. The highest BCUT2D eigenvalue weighted by Crippen LogP contribution is 2.33. The lowest BCUT2D eigenvalue weighted by molar-refractivity contribution is -0.380. The van der Waals surface area contributed by atoms with Gasteiger partial charge in [0.15, 0.2) is 18.9 Å². The second kappa shape index (κ2) is 27.6. The summed E-state index contributed by atoms with van der Waals surface area (Å²) in [4.78, 5) is 12.4. The van der Waals surface area contributed by atoms with E-state index in [1.807, 2.05) is 0 Å². The number of allylic oxidation sites excluding steroid dienone is 8. The van der Waals surface area contributed by atoms with Crippen LogP contribution in [0.3, 0.4) is 0 Å². The van der Waals surface area contributed by atoms with Crippen LogP contribution < -0.4 is 5.32 Å². The lowest BCUT2D eigenvalue weighted by Gasteiger charge is -2.48. The van der Waals surface area contributed by atoms with Gasteiger partial charge in [0.2, 0.25) is 5.91 Å². The average Bonchev–Trinajstić information content (AvgIpc) is 3.22. The Morgan fingerprint density at radius 3 is 1.60 bits per heavy atom. The zero-order valence-electron chi connectivity index (χ0n) is 33.8. The first-order valence-corrected chi connectivity index (χ1v) is 20.7. The summed E-state index contributed by atoms with van der Waals surface area (Å²) in [5, 5.41) is 97.1. The van der Waals surface area contributed by atoms with Crippen molar-refractivity contribution < 1.29 is 79.2 Å². The van der Waals surface area contributed by atoms with Gasteiger partial charge in [-0.25, -0.2) is 0 Å². The molecule has 0 aliphatic carbocycles. The topological polar surface area (TPSA) is 267 Å². The Kier molecular flexibility index (Phi) is 23.9. The summed E-state index contributed by atoms with van der Waals surface area (Å²) in [5.74, 6) is -0.169. The van der Waals surface area contributed by atoms with Gasteiger partial charge in [0.05, 0.1) is 25.9 Å². The highest BCUT2D eigenvalue weighted by atomic mass is 16.8. The van der Waals surface area contributed by atoms with E-state index in [1.54, 1.807) is 6.92 Å². The summed E-state index contributed by atoms with van der Waals surface area (Å²) in [6, 6.07) is 0. The molecule has 17 nitrogen and oxygen atoms in total. The molecule has 58 heavy (non-hydrogen) atoms. The number of carbonyl (C=O) groups is 1. The molecule has 3 fully saturated rings. The number of rotatable bonds is 25. The van der Waals surface area contributed by atoms with Gasteiger partial charge >= 0.3 is 0 Å². The second-order valence-corrected chi connectivity index (χ2v) is 14.7. The van der Waals surface area contributed by atoms with Crippen molar-refractivity contribution in [3.8, 4) is 0 Å². The Labute approximate surface area is 341 Å². The molecule has 0 bridgehead atoms. The molecule has 15 atom stereocenters. The van der Waals surface area contributed by atoms with Gasteiger partial charge in [-0.15, -0.1) is 0 Å². The van der Waals surface area contributed by atoms with Crippen molar-refractivity contribution in [1.29, 1.82) is 0 Å². The molecule has 0 radical (unpaired) electrons. The van der Waals surface area contributed by atoms with E-state index in [-0.39, 0.29) is 25.5 Å². The quantitative estimate of drug-likeness (QED) is 0.0433. The van der Waals surface area contributed by atoms with E-state index in [9.17, 15) is 50.8 Å². The van der Waals surface area contributed by atoms with Crippen LogP contribution in [0, 0.1) is 0 Å². The highest BCUT2D eigenvalue weighted by molar-refractivity contribution is 5.75. The Morgan fingerprint density at radius 2 is 1.05 bits per heavy atom. The van der Waals surface area contributed by atoms with E-state index < -0.39 is 105 Å². The number of carbonyl (C=O) groups excluding carboxylic acids is 1. The van der Waals surface area contributed by atoms with Gasteiger partial charge < -0.3 is 79.7 Å². The molecule has 3 rings (SSSR count). The molecular formula is C41H69NO16. The fraction of sp³-hybridized carbons (Fsp3) is 0.780. The molecule has 0 aromatic heterocycles. The minimum Gasteiger partial charge on any atom is -0.394 e. The third-order valence-electron chi connectivity index (χ3n) is 10.2. The number of unbranched alkanes of at least 4 members (excludes halogenated alkanes) is 4. The van der Waals surface area contributed by atoms with Gasteiger partial charge in [0.25, 0.3) is 0 Å². The average molecular weight is 832 g/mol. The molecular weight excluding hydrogens is 762 g/mol. The van der Waals surface area contributed by atoms with Gasteiger partial charge in [-0.1, -0.05) is 75.3 Å². The molecule has 3 saturated heterocycles. The van der Waals surface area contributed by atoms with Gasteiger partial charge in [-0.2, -0.15) is 0 Å². The summed E-state index contributed by atoms with van der Waals surface area (Å²) < 4.78 is 33.9. The van der Waals surface area contributed by atoms with Crippen LogP contribution in [0.15, 0.2) is 48.6 Å². The normalized spacial score (nSPS) is 36.2. The fourth-order valence-corrected chi connectivity index (χ4v) is 6.75. The van der Waals surface area contributed by atoms with Crippen molar-refractivity contribution in [3.05, 3.63) is 48.6 Å². The molecule has 0 aromatic carbocycles. The zero-order chi connectivity index (χ0) is 42.5. The van der Waals surface area contributed by atoms with Crippen LogP contribution in [0.2, 0.25) is 0 Å². The van der Waals surface area contributed by atoms with Crippen molar-refractivity contribution in [2.75, 3.05) is 26.4 Å². The number of nitrogens with one attached hydrogen (secondary N) is 1. The van der Waals surface area contributed by atoms with Crippen LogP contribution in [-0.4, -0.2) is 170 Å². The van der Waals surface area contributed by atoms with E-state index in [0.717, 1.165) is 32.1 Å². The Hall–Kier alpha value is -2.17. The molecule has 334 valence electrons. The Bertz CT molecular complexity index is 1250. The molecule has 10 N–H and O–H groups in total. The maximum atomic E-state index is 12.4. The van der Waals surface area contributed by atoms with Gasteiger partial charge in [-0.05, 0) is 51.4 Å². The smallest absolute Gasteiger partial charge is 0.220 e. The first-order valence-electron chi connectivity index (χ1n) is 20.7. The predicted octanol–water partition coefficient (Wildman–Crippen LogP) is 0.131. The van der Waals surface area contributed by atoms with Gasteiger partial charge in [0, 0.05) is 13.0 Å². The summed E-state index contributed by atoms with van der Waals surface area (Å²) in [6.07, 6.45) is 3.06. The van der Waals surface area contributed by atoms with Crippen molar-refractivity contribution >= 4 is 5.91 Å². The van der Waals surface area contributed by atoms with Crippen LogP contribution in [0.5, 0.6) is 0 Å². The number of hydrogen-bond acceptors (Lipinski definition) is 16. The monoisotopic (exact) mass is 831 g/mol.